The molecule has 0 spiro atoms. The van der Waals surface area contributed by atoms with E-state index in [1.54, 1.807) is 6.07 Å². The Morgan fingerprint density at radius 1 is 1.15 bits per heavy atom. The van der Waals surface area contributed by atoms with Gasteiger partial charge in [-0.3, -0.25) is 14.8 Å². The Morgan fingerprint density at radius 2 is 1.80 bits per heavy atom. The molecule has 0 aliphatic rings. The Bertz CT molecular complexity index is 545. The summed E-state index contributed by atoms with van der Waals surface area (Å²) in [5.74, 6) is -0.0520. The Balaban J connectivity index is 2.60. The van der Waals surface area contributed by atoms with Crippen molar-refractivity contribution in [2.45, 2.75) is 25.7 Å². The fourth-order valence-corrected chi connectivity index (χ4v) is 2.92. The molecule has 1 aromatic rings. The van der Waals surface area contributed by atoms with E-state index in [1.807, 2.05) is 0 Å². The highest BCUT2D eigenvalue weighted by molar-refractivity contribution is 7.92. The van der Waals surface area contributed by atoms with E-state index in [0.717, 1.165) is 19.3 Å². The molecule has 0 amide bonds. The van der Waals surface area contributed by atoms with Gasteiger partial charge in [-0.1, -0.05) is 25.0 Å². The minimum Gasteiger partial charge on any atom is -0.330 e. The van der Waals surface area contributed by atoms with E-state index in [1.165, 1.54) is 18.2 Å². The number of anilines is 1. The molecule has 3 N–H and O–H groups in total. The van der Waals surface area contributed by atoms with Gasteiger partial charge in [-0.15, -0.1) is 0 Å². The minimum atomic E-state index is -3.56. The zero-order valence-electron chi connectivity index (χ0n) is 11.1. The second-order valence-corrected chi connectivity index (χ2v) is 6.24. The van der Waals surface area contributed by atoms with Crippen LogP contribution in [-0.4, -0.2) is 25.6 Å². The molecule has 0 aliphatic carbocycles. The van der Waals surface area contributed by atoms with Crippen molar-refractivity contribution in [3.63, 3.8) is 0 Å². The number of rotatable bonds is 9. The third-order valence-corrected chi connectivity index (χ3v) is 4.09. The number of hydrogen-bond donors (Lipinski definition) is 2. The predicted octanol–water partition coefficient (Wildman–Crippen LogP) is 1.86. The molecule has 7 nitrogen and oxygen atoms in total. The van der Waals surface area contributed by atoms with E-state index in [0.29, 0.717) is 13.0 Å². The van der Waals surface area contributed by atoms with Gasteiger partial charge in [0.1, 0.15) is 5.69 Å². The maximum atomic E-state index is 11.8. The summed E-state index contributed by atoms with van der Waals surface area (Å²) in [4.78, 5) is 10.2. The van der Waals surface area contributed by atoms with Crippen LogP contribution >= 0.6 is 0 Å². The van der Waals surface area contributed by atoms with Crippen LogP contribution in [0.15, 0.2) is 24.3 Å². The van der Waals surface area contributed by atoms with Crippen molar-refractivity contribution in [1.82, 2.24) is 0 Å². The molecule has 20 heavy (non-hydrogen) atoms. The van der Waals surface area contributed by atoms with Gasteiger partial charge in [-0.2, -0.15) is 0 Å². The van der Waals surface area contributed by atoms with Crippen molar-refractivity contribution in [3.8, 4) is 0 Å². The molecule has 8 heteroatoms. The van der Waals surface area contributed by atoms with Gasteiger partial charge in [0.15, 0.2) is 0 Å². The molecular weight excluding hydrogens is 282 g/mol. The number of benzene rings is 1. The summed E-state index contributed by atoms with van der Waals surface area (Å²) < 4.78 is 26.0. The fraction of sp³-hybridized carbons (Fsp3) is 0.500. The minimum absolute atomic E-state index is 0.000502. The third kappa shape index (κ3) is 5.54. The number of nitrogens with two attached hydrogens (primary N) is 1. The molecule has 1 aromatic carbocycles. The van der Waals surface area contributed by atoms with Crippen LogP contribution in [0, 0.1) is 10.1 Å². The van der Waals surface area contributed by atoms with Crippen LogP contribution in [0.3, 0.4) is 0 Å². The largest absolute Gasteiger partial charge is 0.330 e. The first kappa shape index (κ1) is 16.4. The van der Waals surface area contributed by atoms with Crippen LogP contribution in [0.25, 0.3) is 0 Å². The zero-order chi connectivity index (χ0) is 15.0. The number of nitro groups is 1. The third-order valence-electron chi connectivity index (χ3n) is 2.73. The standard InChI is InChI=1S/C12H19N3O4S/c13-9-5-1-2-6-10-20(18,19)14-11-7-3-4-8-12(11)15(16)17/h3-4,7-8,14H,1-2,5-6,9-10,13H2. The van der Waals surface area contributed by atoms with Gasteiger partial charge in [0.05, 0.1) is 10.7 Å². The van der Waals surface area contributed by atoms with Crippen LogP contribution < -0.4 is 10.5 Å². The summed E-state index contributed by atoms with van der Waals surface area (Å²) >= 11 is 0. The number of unbranched alkanes of at least 4 members (excludes halogenated alkanes) is 3. The zero-order valence-corrected chi connectivity index (χ0v) is 11.9. The number of nitrogens with one attached hydrogen (secondary N) is 1. The highest BCUT2D eigenvalue weighted by atomic mass is 32.2. The van der Waals surface area contributed by atoms with E-state index in [4.69, 9.17) is 5.73 Å². The maximum absolute atomic E-state index is 11.8. The molecule has 0 saturated carbocycles. The molecule has 112 valence electrons. The summed E-state index contributed by atoms with van der Waals surface area (Å²) in [7, 11) is -3.56. The van der Waals surface area contributed by atoms with Gasteiger partial charge in [-0.25, -0.2) is 8.42 Å². The fourth-order valence-electron chi connectivity index (χ4n) is 1.73. The molecule has 0 heterocycles. The lowest BCUT2D eigenvalue weighted by Gasteiger charge is -2.08. The Morgan fingerprint density at radius 3 is 2.45 bits per heavy atom. The Hall–Kier alpha value is -1.67. The quantitative estimate of drug-likeness (QED) is 0.410. The first-order valence-electron chi connectivity index (χ1n) is 6.40. The molecule has 0 fully saturated rings. The van der Waals surface area contributed by atoms with Crippen molar-refractivity contribution in [1.29, 1.82) is 0 Å². The molecule has 0 atom stereocenters. The van der Waals surface area contributed by atoms with E-state index < -0.39 is 14.9 Å². The van der Waals surface area contributed by atoms with E-state index in [2.05, 4.69) is 4.72 Å². The average Bonchev–Trinajstić information content (AvgIpc) is 2.38. The first-order valence-corrected chi connectivity index (χ1v) is 8.05. The summed E-state index contributed by atoms with van der Waals surface area (Å²) in [5.41, 5.74) is 5.10. The van der Waals surface area contributed by atoms with Crippen LogP contribution in [0.1, 0.15) is 25.7 Å². The van der Waals surface area contributed by atoms with Gasteiger partial charge < -0.3 is 5.73 Å². The highest BCUT2D eigenvalue weighted by Gasteiger charge is 2.17. The lowest BCUT2D eigenvalue weighted by atomic mass is 10.2. The first-order chi connectivity index (χ1) is 9.46. The molecule has 0 radical (unpaired) electrons. The molecular formula is C12H19N3O4S. The Kier molecular flexibility index (Phi) is 6.40. The van der Waals surface area contributed by atoms with Gasteiger partial charge in [0, 0.05) is 6.07 Å². The normalized spacial score (nSPS) is 11.2. The number of nitro benzene ring substituents is 1. The summed E-state index contributed by atoms with van der Waals surface area (Å²) in [6.07, 6.45) is 3.04. The molecule has 0 unspecified atom stereocenters. The van der Waals surface area contributed by atoms with Crippen LogP contribution in [-0.2, 0) is 10.0 Å². The lowest BCUT2D eigenvalue weighted by molar-refractivity contribution is -0.383. The van der Waals surface area contributed by atoms with Gasteiger partial charge in [0.2, 0.25) is 10.0 Å². The van der Waals surface area contributed by atoms with Gasteiger partial charge >= 0.3 is 0 Å². The second kappa shape index (κ2) is 7.81. The molecule has 0 aromatic heterocycles. The molecule has 0 bridgehead atoms. The van der Waals surface area contributed by atoms with Gasteiger partial charge in [0.25, 0.3) is 5.69 Å². The summed E-state index contributed by atoms with van der Waals surface area (Å²) in [6, 6.07) is 5.68. The average molecular weight is 301 g/mol. The van der Waals surface area contributed by atoms with Crippen molar-refractivity contribution < 1.29 is 13.3 Å². The summed E-state index contributed by atoms with van der Waals surface area (Å²) in [5, 5.41) is 10.8. The van der Waals surface area contributed by atoms with Crippen LogP contribution in [0.4, 0.5) is 11.4 Å². The highest BCUT2D eigenvalue weighted by Crippen LogP contribution is 2.24. The van der Waals surface area contributed by atoms with Crippen LogP contribution in [0.5, 0.6) is 0 Å². The predicted molar refractivity (Wildman–Crippen MR) is 78.0 cm³/mol. The monoisotopic (exact) mass is 301 g/mol. The smallest absolute Gasteiger partial charge is 0.293 e. The van der Waals surface area contributed by atoms with Crippen LogP contribution in [0.2, 0.25) is 0 Å². The number of para-hydroxylation sites is 2. The van der Waals surface area contributed by atoms with E-state index in [9.17, 15) is 18.5 Å². The van der Waals surface area contributed by atoms with Crippen molar-refractivity contribution in [2.75, 3.05) is 17.0 Å². The van der Waals surface area contributed by atoms with Crippen molar-refractivity contribution in [2.24, 2.45) is 5.73 Å². The van der Waals surface area contributed by atoms with Gasteiger partial charge in [-0.05, 0) is 25.5 Å². The molecule has 0 aliphatic heterocycles. The van der Waals surface area contributed by atoms with Crippen molar-refractivity contribution in [3.05, 3.63) is 34.4 Å². The SMILES string of the molecule is NCCCCCCS(=O)(=O)Nc1ccccc1[N+](=O)[O-]. The van der Waals surface area contributed by atoms with Crippen molar-refractivity contribution >= 4 is 21.4 Å². The lowest BCUT2D eigenvalue weighted by Crippen LogP contribution is -2.17. The topological polar surface area (TPSA) is 115 Å². The number of hydrogen-bond acceptors (Lipinski definition) is 5. The number of sulfonamides is 1. The van der Waals surface area contributed by atoms with E-state index in [-0.39, 0.29) is 17.1 Å². The van der Waals surface area contributed by atoms with E-state index >= 15 is 0 Å². The number of nitrogens with zero attached hydrogens (tertiary/aromatic N) is 1. The Labute approximate surface area is 118 Å². The summed E-state index contributed by atoms with van der Waals surface area (Å²) in [6.45, 7) is 0.598. The second-order valence-electron chi connectivity index (χ2n) is 4.40. The maximum Gasteiger partial charge on any atom is 0.293 e. The molecule has 0 saturated heterocycles. The molecule has 1 rings (SSSR count).